The molecule has 0 aromatic heterocycles. The normalized spacial score (nSPS) is 10.5. The molecule has 0 fully saturated rings. The third kappa shape index (κ3) is 7.59. The minimum Gasteiger partial charge on any atom is -0.489 e. The third-order valence-corrected chi connectivity index (χ3v) is 3.94. The van der Waals surface area contributed by atoms with Crippen molar-refractivity contribution in [1.29, 1.82) is 0 Å². The lowest BCUT2D eigenvalue weighted by Crippen LogP contribution is -2.22. The van der Waals surface area contributed by atoms with E-state index in [9.17, 15) is 4.79 Å². The number of ether oxygens (including phenoxy) is 1. The molecule has 1 amide bonds. The minimum absolute atomic E-state index is 0.0128. The van der Waals surface area contributed by atoms with E-state index >= 15 is 0 Å². The standard InChI is InChI=1S/C20H25ClN2O2/c1-2-3-13-22-14-12-20(24)23-18-8-10-19(11-9-18)25-15-16-4-6-17(21)7-5-16/h4-11,22H,2-3,12-15H2,1H3,(H,23,24). The zero-order chi connectivity index (χ0) is 17.9. The summed E-state index contributed by atoms with van der Waals surface area (Å²) in [5.41, 5.74) is 1.83. The van der Waals surface area contributed by atoms with Crippen molar-refractivity contribution in [2.45, 2.75) is 32.8 Å². The molecule has 0 saturated heterocycles. The highest BCUT2D eigenvalue weighted by Gasteiger charge is 2.03. The van der Waals surface area contributed by atoms with Crippen molar-refractivity contribution in [3.63, 3.8) is 0 Å². The molecule has 0 aliphatic heterocycles. The molecule has 0 saturated carbocycles. The van der Waals surface area contributed by atoms with Crippen LogP contribution < -0.4 is 15.4 Å². The second kappa shape index (κ2) is 10.7. The zero-order valence-corrected chi connectivity index (χ0v) is 15.3. The number of carbonyl (C=O) groups is 1. The average molecular weight is 361 g/mol. The van der Waals surface area contributed by atoms with E-state index < -0.39 is 0 Å². The summed E-state index contributed by atoms with van der Waals surface area (Å²) >= 11 is 5.86. The van der Waals surface area contributed by atoms with Gasteiger partial charge in [-0.25, -0.2) is 0 Å². The molecule has 2 aromatic rings. The molecule has 0 aliphatic carbocycles. The fraction of sp³-hybridized carbons (Fsp3) is 0.350. The summed E-state index contributed by atoms with van der Waals surface area (Å²) in [4.78, 5) is 11.9. The molecule has 4 nitrogen and oxygen atoms in total. The van der Waals surface area contributed by atoms with Gasteiger partial charge >= 0.3 is 0 Å². The Hall–Kier alpha value is -2.04. The van der Waals surface area contributed by atoms with Crippen molar-refractivity contribution in [2.75, 3.05) is 18.4 Å². The van der Waals surface area contributed by atoms with Gasteiger partial charge in [-0.2, -0.15) is 0 Å². The van der Waals surface area contributed by atoms with E-state index in [2.05, 4.69) is 17.6 Å². The van der Waals surface area contributed by atoms with Crippen LogP contribution in [0.1, 0.15) is 31.7 Å². The van der Waals surface area contributed by atoms with Crippen LogP contribution in [-0.2, 0) is 11.4 Å². The predicted molar refractivity (Wildman–Crippen MR) is 103 cm³/mol. The van der Waals surface area contributed by atoms with E-state index in [1.807, 2.05) is 48.5 Å². The smallest absolute Gasteiger partial charge is 0.225 e. The Morgan fingerprint density at radius 3 is 2.44 bits per heavy atom. The Morgan fingerprint density at radius 2 is 1.76 bits per heavy atom. The van der Waals surface area contributed by atoms with Crippen LogP contribution in [-0.4, -0.2) is 19.0 Å². The zero-order valence-electron chi connectivity index (χ0n) is 14.6. The van der Waals surface area contributed by atoms with E-state index in [1.54, 1.807) is 0 Å². The summed E-state index contributed by atoms with van der Waals surface area (Å²) in [5.74, 6) is 0.771. The molecule has 0 spiro atoms. The van der Waals surface area contributed by atoms with Crippen LogP contribution in [0.5, 0.6) is 5.75 Å². The molecule has 2 N–H and O–H groups in total. The van der Waals surface area contributed by atoms with Crippen LogP contribution in [0, 0.1) is 0 Å². The molecule has 0 heterocycles. The summed E-state index contributed by atoms with van der Waals surface area (Å²) in [5, 5.41) is 6.86. The van der Waals surface area contributed by atoms with Gasteiger partial charge in [-0.05, 0) is 54.9 Å². The highest BCUT2D eigenvalue weighted by Crippen LogP contribution is 2.18. The van der Waals surface area contributed by atoms with Crippen molar-refractivity contribution in [2.24, 2.45) is 0 Å². The maximum atomic E-state index is 11.9. The highest BCUT2D eigenvalue weighted by molar-refractivity contribution is 6.30. The Morgan fingerprint density at radius 1 is 1.04 bits per heavy atom. The molecule has 0 bridgehead atoms. The number of anilines is 1. The van der Waals surface area contributed by atoms with E-state index in [1.165, 1.54) is 0 Å². The van der Waals surface area contributed by atoms with Gasteiger partial charge in [0.1, 0.15) is 12.4 Å². The molecule has 0 unspecified atom stereocenters. The SMILES string of the molecule is CCCCNCCC(=O)Nc1ccc(OCc2ccc(Cl)cc2)cc1. The fourth-order valence-electron chi connectivity index (χ4n) is 2.23. The summed E-state index contributed by atoms with van der Waals surface area (Å²) in [6, 6.07) is 15.0. The molecule has 0 aliphatic rings. The lowest BCUT2D eigenvalue weighted by molar-refractivity contribution is -0.116. The van der Waals surface area contributed by atoms with E-state index in [0.29, 0.717) is 24.6 Å². The number of rotatable bonds is 10. The first kappa shape index (κ1) is 19.3. The molecule has 2 rings (SSSR count). The Balaban J connectivity index is 1.71. The number of amides is 1. The monoisotopic (exact) mass is 360 g/mol. The van der Waals surface area contributed by atoms with E-state index in [-0.39, 0.29) is 5.91 Å². The van der Waals surface area contributed by atoms with Crippen LogP contribution in [0.15, 0.2) is 48.5 Å². The van der Waals surface area contributed by atoms with Crippen molar-refractivity contribution >= 4 is 23.2 Å². The molecular formula is C20H25ClN2O2. The number of unbranched alkanes of at least 4 members (excludes halogenated alkanes) is 1. The van der Waals surface area contributed by atoms with Gasteiger partial charge in [-0.3, -0.25) is 4.79 Å². The molecule has 5 heteroatoms. The van der Waals surface area contributed by atoms with Gasteiger partial charge in [0.15, 0.2) is 0 Å². The third-order valence-electron chi connectivity index (χ3n) is 3.69. The van der Waals surface area contributed by atoms with Crippen LogP contribution >= 0.6 is 11.6 Å². The second-order valence-corrected chi connectivity index (χ2v) is 6.28. The van der Waals surface area contributed by atoms with E-state index in [0.717, 1.165) is 36.4 Å². The number of halogens is 1. The van der Waals surface area contributed by atoms with Crippen molar-refractivity contribution in [3.8, 4) is 5.75 Å². The summed E-state index contributed by atoms with van der Waals surface area (Å²) in [6.45, 7) is 4.29. The Kier molecular flexibility index (Phi) is 8.29. The van der Waals surface area contributed by atoms with E-state index in [4.69, 9.17) is 16.3 Å². The topological polar surface area (TPSA) is 50.4 Å². The first-order valence-corrected chi connectivity index (χ1v) is 9.03. The number of hydrogen-bond acceptors (Lipinski definition) is 3. The van der Waals surface area contributed by atoms with Crippen molar-refractivity contribution < 1.29 is 9.53 Å². The summed E-state index contributed by atoms with van der Waals surface area (Å²) in [7, 11) is 0. The maximum Gasteiger partial charge on any atom is 0.225 e. The van der Waals surface area contributed by atoms with Gasteiger partial charge in [0.2, 0.25) is 5.91 Å². The van der Waals surface area contributed by atoms with Gasteiger partial charge in [0.05, 0.1) is 0 Å². The van der Waals surface area contributed by atoms with Crippen molar-refractivity contribution in [1.82, 2.24) is 5.32 Å². The Labute approximate surface area is 154 Å². The van der Waals surface area contributed by atoms with Gasteiger partial charge < -0.3 is 15.4 Å². The summed E-state index contributed by atoms with van der Waals surface area (Å²) < 4.78 is 5.73. The maximum absolute atomic E-state index is 11.9. The van der Waals surface area contributed by atoms with Crippen LogP contribution in [0.3, 0.4) is 0 Å². The molecule has 0 radical (unpaired) electrons. The van der Waals surface area contributed by atoms with Crippen LogP contribution in [0.2, 0.25) is 5.02 Å². The molecule has 0 atom stereocenters. The number of hydrogen-bond donors (Lipinski definition) is 2. The Bertz CT molecular complexity index is 642. The molecule has 2 aromatic carbocycles. The lowest BCUT2D eigenvalue weighted by Gasteiger charge is -2.09. The summed E-state index contributed by atoms with van der Waals surface area (Å²) in [6.07, 6.45) is 2.77. The molecular weight excluding hydrogens is 336 g/mol. The first-order valence-electron chi connectivity index (χ1n) is 8.65. The average Bonchev–Trinajstić information content (AvgIpc) is 2.62. The van der Waals surface area contributed by atoms with Gasteiger partial charge in [-0.15, -0.1) is 0 Å². The number of benzene rings is 2. The highest BCUT2D eigenvalue weighted by atomic mass is 35.5. The predicted octanol–water partition coefficient (Wildman–Crippen LogP) is 4.64. The quantitative estimate of drug-likeness (QED) is 0.607. The number of carbonyl (C=O) groups excluding carboxylic acids is 1. The molecule has 134 valence electrons. The number of nitrogens with one attached hydrogen (secondary N) is 2. The minimum atomic E-state index is 0.0128. The van der Waals surface area contributed by atoms with Gasteiger partial charge in [0, 0.05) is 23.7 Å². The molecule has 25 heavy (non-hydrogen) atoms. The van der Waals surface area contributed by atoms with Gasteiger partial charge in [-0.1, -0.05) is 37.1 Å². The second-order valence-electron chi connectivity index (χ2n) is 5.84. The largest absolute Gasteiger partial charge is 0.489 e. The first-order chi connectivity index (χ1) is 12.2. The van der Waals surface area contributed by atoms with Gasteiger partial charge in [0.25, 0.3) is 0 Å². The lowest BCUT2D eigenvalue weighted by atomic mass is 10.2. The van der Waals surface area contributed by atoms with Crippen LogP contribution in [0.25, 0.3) is 0 Å². The van der Waals surface area contributed by atoms with Crippen molar-refractivity contribution in [3.05, 3.63) is 59.1 Å². The fourth-order valence-corrected chi connectivity index (χ4v) is 2.36. The van der Waals surface area contributed by atoms with Crippen LogP contribution in [0.4, 0.5) is 5.69 Å².